The molecule has 0 saturated carbocycles. The molecule has 1 amide bonds. The largest absolute Gasteiger partial charge is 0.365 e. The molecular formula is C35H39N5O2. The molecule has 6 rings (SSSR count). The predicted molar refractivity (Wildman–Crippen MR) is 171 cm³/mol. The highest BCUT2D eigenvalue weighted by Crippen LogP contribution is 2.36. The van der Waals surface area contributed by atoms with E-state index in [4.69, 9.17) is 4.98 Å². The molecule has 7 heteroatoms. The maximum absolute atomic E-state index is 14.1. The Bertz CT molecular complexity index is 1730. The van der Waals surface area contributed by atoms with Gasteiger partial charge in [0.25, 0.3) is 0 Å². The van der Waals surface area contributed by atoms with E-state index in [0.29, 0.717) is 26.2 Å². The Morgan fingerprint density at radius 1 is 1.00 bits per heavy atom. The molecule has 2 aliphatic heterocycles. The summed E-state index contributed by atoms with van der Waals surface area (Å²) in [6.07, 6.45) is 2.14. The van der Waals surface area contributed by atoms with Gasteiger partial charge in [0.05, 0.1) is 17.9 Å². The second-order valence-electron chi connectivity index (χ2n) is 11.8. The van der Waals surface area contributed by atoms with Gasteiger partial charge in [0, 0.05) is 48.9 Å². The van der Waals surface area contributed by atoms with Crippen molar-refractivity contribution in [3.63, 3.8) is 0 Å². The summed E-state index contributed by atoms with van der Waals surface area (Å²) in [5, 5.41) is 2.47. The van der Waals surface area contributed by atoms with Crippen molar-refractivity contribution in [2.75, 3.05) is 36.0 Å². The normalized spacial score (nSPS) is 17.1. The topological polar surface area (TPSA) is 61.7 Å². The molecule has 3 aromatic carbocycles. The standard InChI is InChI=1S/C35H39N5O2/c1-6-32(41)38-19-20-39(25(5)21-38)34-28-17-18-37(30-16-10-13-26-12-9-11-24(4)33(26)30)22-31(28)40(35(42)36-34)29-15-8-7-14-27(29)23(2)3/h6-16,23,25H,1,17-22H2,2-5H3/t25-/m0/s1. The molecule has 216 valence electrons. The van der Waals surface area contributed by atoms with E-state index in [-0.39, 0.29) is 23.6 Å². The molecule has 0 radical (unpaired) electrons. The summed E-state index contributed by atoms with van der Waals surface area (Å²) in [7, 11) is 0. The first-order chi connectivity index (χ1) is 20.3. The van der Waals surface area contributed by atoms with Crippen LogP contribution in [-0.2, 0) is 17.8 Å². The number of carbonyl (C=O) groups is 1. The predicted octanol–water partition coefficient (Wildman–Crippen LogP) is 5.60. The van der Waals surface area contributed by atoms with Crippen molar-refractivity contribution < 1.29 is 4.79 Å². The van der Waals surface area contributed by atoms with Crippen molar-refractivity contribution in [2.24, 2.45) is 0 Å². The first-order valence-electron chi connectivity index (χ1n) is 14.9. The highest BCUT2D eigenvalue weighted by atomic mass is 16.2. The van der Waals surface area contributed by atoms with Gasteiger partial charge in [-0.25, -0.2) is 4.79 Å². The lowest BCUT2D eigenvalue weighted by atomic mass is 9.97. The number of rotatable bonds is 5. The van der Waals surface area contributed by atoms with Gasteiger partial charge in [-0.05, 0) is 60.9 Å². The van der Waals surface area contributed by atoms with Gasteiger partial charge in [0.1, 0.15) is 5.82 Å². The lowest BCUT2D eigenvalue weighted by Gasteiger charge is -2.42. The van der Waals surface area contributed by atoms with Crippen LogP contribution in [0.1, 0.15) is 49.1 Å². The van der Waals surface area contributed by atoms with Crippen LogP contribution in [0.25, 0.3) is 16.5 Å². The van der Waals surface area contributed by atoms with Gasteiger partial charge >= 0.3 is 5.69 Å². The molecule has 1 aromatic heterocycles. The number of para-hydroxylation sites is 1. The van der Waals surface area contributed by atoms with Crippen molar-refractivity contribution in [3.05, 3.63) is 106 Å². The zero-order valence-electron chi connectivity index (χ0n) is 25.0. The van der Waals surface area contributed by atoms with Gasteiger partial charge in [0.2, 0.25) is 5.91 Å². The van der Waals surface area contributed by atoms with Crippen molar-refractivity contribution >= 4 is 28.2 Å². The van der Waals surface area contributed by atoms with E-state index in [9.17, 15) is 9.59 Å². The maximum Gasteiger partial charge on any atom is 0.354 e. The minimum absolute atomic E-state index is 0.0243. The fourth-order valence-electron chi connectivity index (χ4n) is 6.76. The molecule has 0 aliphatic carbocycles. The first kappa shape index (κ1) is 27.8. The zero-order valence-corrected chi connectivity index (χ0v) is 25.0. The van der Waals surface area contributed by atoms with Crippen LogP contribution in [0.2, 0.25) is 0 Å². The number of benzene rings is 3. The molecule has 7 nitrogen and oxygen atoms in total. The van der Waals surface area contributed by atoms with Gasteiger partial charge in [-0.15, -0.1) is 0 Å². The van der Waals surface area contributed by atoms with Crippen molar-refractivity contribution in [1.82, 2.24) is 14.5 Å². The summed E-state index contributed by atoms with van der Waals surface area (Å²) in [6, 6.07) is 21.1. The lowest BCUT2D eigenvalue weighted by molar-refractivity contribution is -0.126. The number of fused-ring (bicyclic) bond motifs is 2. The van der Waals surface area contributed by atoms with Crippen LogP contribution < -0.4 is 15.5 Å². The van der Waals surface area contributed by atoms with Crippen LogP contribution in [0.3, 0.4) is 0 Å². The first-order valence-corrected chi connectivity index (χ1v) is 14.9. The molecular weight excluding hydrogens is 522 g/mol. The smallest absolute Gasteiger partial charge is 0.354 e. The summed E-state index contributed by atoms with van der Waals surface area (Å²) < 4.78 is 1.86. The highest BCUT2D eigenvalue weighted by molar-refractivity contribution is 5.97. The molecule has 4 aromatic rings. The second-order valence-corrected chi connectivity index (χ2v) is 11.8. The number of aromatic nitrogens is 2. The van der Waals surface area contributed by atoms with E-state index in [1.165, 1.54) is 28.1 Å². The summed E-state index contributed by atoms with van der Waals surface area (Å²) in [4.78, 5) is 37.7. The molecule has 0 spiro atoms. The van der Waals surface area contributed by atoms with Gasteiger partial charge < -0.3 is 14.7 Å². The average Bonchev–Trinajstić information content (AvgIpc) is 3.00. The van der Waals surface area contributed by atoms with Crippen LogP contribution in [0.5, 0.6) is 0 Å². The highest BCUT2D eigenvalue weighted by Gasteiger charge is 2.33. The van der Waals surface area contributed by atoms with Gasteiger partial charge in [-0.3, -0.25) is 9.36 Å². The molecule has 3 heterocycles. The van der Waals surface area contributed by atoms with Crippen LogP contribution in [-0.4, -0.2) is 52.6 Å². The van der Waals surface area contributed by atoms with Gasteiger partial charge in [0.15, 0.2) is 0 Å². The molecule has 0 bridgehead atoms. The van der Waals surface area contributed by atoms with Crippen LogP contribution >= 0.6 is 0 Å². The number of anilines is 2. The molecule has 1 fully saturated rings. The number of carbonyl (C=O) groups excluding carboxylic acids is 1. The Hall–Kier alpha value is -4.39. The average molecular weight is 562 g/mol. The molecule has 2 aliphatic rings. The molecule has 0 N–H and O–H groups in total. The van der Waals surface area contributed by atoms with Crippen molar-refractivity contribution in [3.8, 4) is 5.69 Å². The Balaban J connectivity index is 1.51. The summed E-state index contributed by atoms with van der Waals surface area (Å²) in [5.74, 6) is 0.956. The molecule has 1 atom stereocenters. The number of hydrogen-bond donors (Lipinski definition) is 0. The molecule has 1 saturated heterocycles. The fraction of sp³-hybridized carbons (Fsp3) is 0.343. The third kappa shape index (κ3) is 4.77. The molecule has 42 heavy (non-hydrogen) atoms. The number of aryl methyl sites for hydroxylation is 1. The Morgan fingerprint density at radius 2 is 1.74 bits per heavy atom. The zero-order chi connectivity index (χ0) is 29.5. The van der Waals surface area contributed by atoms with E-state index in [1.807, 2.05) is 27.7 Å². The SMILES string of the molecule is C=CC(=O)N1CCN(c2nc(=O)n(-c3ccccc3C(C)C)c3c2CCN(c2cccc4cccc(C)c24)C3)[C@@H](C)C1. The number of nitrogens with zero attached hydrogens (tertiary/aromatic N) is 5. The Morgan fingerprint density at radius 3 is 2.48 bits per heavy atom. The minimum Gasteiger partial charge on any atom is -0.365 e. The molecule has 0 unspecified atom stereocenters. The van der Waals surface area contributed by atoms with E-state index >= 15 is 0 Å². The van der Waals surface area contributed by atoms with E-state index in [2.05, 4.69) is 86.5 Å². The summed E-state index contributed by atoms with van der Waals surface area (Å²) in [6.45, 7) is 15.4. The number of piperazine rings is 1. The van der Waals surface area contributed by atoms with Crippen LogP contribution in [0.4, 0.5) is 11.5 Å². The van der Waals surface area contributed by atoms with Gasteiger partial charge in [-0.1, -0.05) is 69.0 Å². The van der Waals surface area contributed by atoms with Crippen molar-refractivity contribution in [1.29, 1.82) is 0 Å². The third-order valence-corrected chi connectivity index (χ3v) is 8.87. The van der Waals surface area contributed by atoms with E-state index in [0.717, 1.165) is 41.3 Å². The Kier molecular flexibility index (Phi) is 7.35. The van der Waals surface area contributed by atoms with Crippen molar-refractivity contribution in [2.45, 2.75) is 52.6 Å². The summed E-state index contributed by atoms with van der Waals surface area (Å²) >= 11 is 0. The minimum atomic E-state index is -0.260. The van der Waals surface area contributed by atoms with E-state index < -0.39 is 0 Å². The third-order valence-electron chi connectivity index (χ3n) is 8.87. The quantitative estimate of drug-likeness (QED) is 0.297. The number of hydrogen-bond acceptors (Lipinski definition) is 5. The summed E-state index contributed by atoms with van der Waals surface area (Å²) in [5.41, 5.74) is 6.31. The lowest BCUT2D eigenvalue weighted by Crippen LogP contribution is -2.54. The van der Waals surface area contributed by atoms with Crippen LogP contribution in [0, 0.1) is 6.92 Å². The monoisotopic (exact) mass is 561 g/mol. The number of amides is 1. The second kappa shape index (κ2) is 11.1. The van der Waals surface area contributed by atoms with Crippen LogP contribution in [0.15, 0.2) is 78.1 Å². The Labute approximate surface area is 247 Å². The maximum atomic E-state index is 14.1. The van der Waals surface area contributed by atoms with E-state index in [1.54, 1.807) is 0 Å². The fourth-order valence-corrected chi connectivity index (χ4v) is 6.76. The van der Waals surface area contributed by atoms with Gasteiger partial charge in [-0.2, -0.15) is 4.98 Å².